The molecule has 0 bridgehead atoms. The summed E-state index contributed by atoms with van der Waals surface area (Å²) in [5.74, 6) is 0.404. The molecule has 0 radical (unpaired) electrons. The van der Waals surface area contributed by atoms with E-state index in [-0.39, 0.29) is 31.0 Å². The molecule has 0 saturated carbocycles. The number of ether oxygens (including phenoxy) is 2. The van der Waals surface area contributed by atoms with Crippen LogP contribution in [0.3, 0.4) is 0 Å². The molecule has 0 fully saturated rings. The molecule has 35 heavy (non-hydrogen) atoms. The molecule has 3 aromatic carbocycles. The second kappa shape index (κ2) is 12.8. The Morgan fingerprint density at radius 2 is 1.54 bits per heavy atom. The number of halogens is 1. The second-order valence-electron chi connectivity index (χ2n) is 8.42. The fraction of sp³-hybridized carbons (Fsp3) is 0.286. The molecule has 7 heteroatoms. The third-order valence-corrected chi connectivity index (χ3v) is 5.79. The Labute approximate surface area is 211 Å². The first-order valence-corrected chi connectivity index (χ1v) is 11.9. The second-order valence-corrected chi connectivity index (χ2v) is 8.83. The number of carbonyl (C=O) groups excluding carboxylic acids is 2. The van der Waals surface area contributed by atoms with Crippen LogP contribution in [0.2, 0.25) is 5.02 Å². The molecule has 0 unspecified atom stereocenters. The minimum Gasteiger partial charge on any atom is -0.493 e. The van der Waals surface area contributed by atoms with Crippen molar-refractivity contribution >= 4 is 23.4 Å². The summed E-state index contributed by atoms with van der Waals surface area (Å²) in [6, 6.07) is 23.2. The summed E-state index contributed by atoms with van der Waals surface area (Å²) in [4.78, 5) is 28.5. The average Bonchev–Trinajstić information content (AvgIpc) is 2.86. The molecule has 0 aromatic heterocycles. The third-order valence-electron chi connectivity index (χ3n) is 5.42. The van der Waals surface area contributed by atoms with Crippen LogP contribution >= 0.6 is 11.6 Å². The molecule has 3 aromatic rings. The van der Waals surface area contributed by atoms with Gasteiger partial charge in [-0.2, -0.15) is 0 Å². The first kappa shape index (κ1) is 26.1. The van der Waals surface area contributed by atoms with Crippen molar-refractivity contribution in [2.75, 3.05) is 13.7 Å². The van der Waals surface area contributed by atoms with Gasteiger partial charge in [0.25, 0.3) is 5.91 Å². The molecule has 2 amide bonds. The lowest BCUT2D eigenvalue weighted by Gasteiger charge is -2.32. The molecule has 6 nitrogen and oxygen atoms in total. The van der Waals surface area contributed by atoms with Crippen LogP contribution in [0.4, 0.5) is 0 Å². The summed E-state index contributed by atoms with van der Waals surface area (Å²) in [7, 11) is 1.54. The van der Waals surface area contributed by atoms with Crippen LogP contribution < -0.4 is 14.8 Å². The zero-order valence-corrected chi connectivity index (χ0v) is 21.0. The Kier molecular flexibility index (Phi) is 9.56. The van der Waals surface area contributed by atoms with E-state index < -0.39 is 6.04 Å². The number of hydrogen-bond acceptors (Lipinski definition) is 4. The largest absolute Gasteiger partial charge is 0.493 e. The molecule has 0 aliphatic heterocycles. The highest BCUT2D eigenvalue weighted by molar-refractivity contribution is 6.31. The Bertz CT molecular complexity index is 1120. The van der Waals surface area contributed by atoms with Gasteiger partial charge in [0, 0.05) is 24.0 Å². The van der Waals surface area contributed by atoms with Crippen LogP contribution in [0, 0.1) is 0 Å². The number of hydrogen-bond donors (Lipinski definition) is 1. The van der Waals surface area contributed by atoms with Gasteiger partial charge >= 0.3 is 0 Å². The molecule has 184 valence electrons. The van der Waals surface area contributed by atoms with E-state index in [4.69, 9.17) is 21.1 Å². The molecular weight excluding hydrogens is 464 g/mol. The fourth-order valence-corrected chi connectivity index (χ4v) is 3.90. The van der Waals surface area contributed by atoms with Gasteiger partial charge in [-0.15, -0.1) is 0 Å². The van der Waals surface area contributed by atoms with Gasteiger partial charge in [0.15, 0.2) is 18.1 Å². The lowest BCUT2D eigenvalue weighted by molar-refractivity contribution is -0.143. The molecule has 0 saturated heterocycles. The van der Waals surface area contributed by atoms with Crippen LogP contribution in [0.5, 0.6) is 11.5 Å². The molecule has 0 spiro atoms. The fourth-order valence-electron chi connectivity index (χ4n) is 3.71. The van der Waals surface area contributed by atoms with Crippen molar-refractivity contribution in [3.8, 4) is 11.5 Å². The number of carbonyl (C=O) groups is 2. The van der Waals surface area contributed by atoms with Gasteiger partial charge < -0.3 is 19.7 Å². The van der Waals surface area contributed by atoms with Crippen LogP contribution in [0.25, 0.3) is 0 Å². The lowest BCUT2D eigenvalue weighted by Crippen LogP contribution is -2.52. The molecule has 1 N–H and O–H groups in total. The monoisotopic (exact) mass is 494 g/mol. The number of methoxy groups -OCH3 is 1. The molecule has 1 atom stereocenters. The maximum atomic E-state index is 13.6. The van der Waals surface area contributed by atoms with E-state index in [2.05, 4.69) is 5.32 Å². The smallest absolute Gasteiger partial charge is 0.261 e. The predicted octanol–water partition coefficient (Wildman–Crippen LogP) is 4.89. The van der Waals surface area contributed by atoms with Crippen molar-refractivity contribution in [3.63, 3.8) is 0 Å². The van der Waals surface area contributed by atoms with Crippen molar-refractivity contribution in [2.45, 2.75) is 38.9 Å². The van der Waals surface area contributed by atoms with E-state index in [1.54, 1.807) is 36.3 Å². The van der Waals surface area contributed by atoms with E-state index in [9.17, 15) is 9.59 Å². The summed E-state index contributed by atoms with van der Waals surface area (Å²) >= 11 is 6.43. The SMILES string of the molecule is COc1ccccc1OCC(=O)N(Cc1ccccc1Cl)[C@@H](Cc1ccccc1)C(=O)NC(C)C. The van der Waals surface area contributed by atoms with Crippen LogP contribution in [-0.2, 0) is 22.6 Å². The topological polar surface area (TPSA) is 67.9 Å². The Morgan fingerprint density at radius 3 is 2.20 bits per heavy atom. The standard InChI is InChI=1S/C28H31ClN2O4/c1-20(2)30-28(33)24(17-21-11-5-4-6-12-21)31(18-22-13-7-8-14-23(22)29)27(32)19-35-26-16-10-9-15-25(26)34-3/h4-16,20,24H,17-19H2,1-3H3,(H,30,33)/t24-/m0/s1. The number of para-hydroxylation sites is 2. The minimum absolute atomic E-state index is 0.0807. The summed E-state index contributed by atoms with van der Waals surface area (Å²) < 4.78 is 11.1. The van der Waals surface area contributed by atoms with Gasteiger partial charge in [-0.3, -0.25) is 9.59 Å². The first-order valence-electron chi connectivity index (χ1n) is 11.5. The predicted molar refractivity (Wildman–Crippen MR) is 138 cm³/mol. The molecule has 0 aliphatic carbocycles. The molecule has 0 heterocycles. The van der Waals surface area contributed by atoms with Crippen LogP contribution in [0.15, 0.2) is 78.9 Å². The first-order chi connectivity index (χ1) is 16.9. The summed E-state index contributed by atoms with van der Waals surface area (Å²) in [6.07, 6.45) is 0.351. The van der Waals surface area contributed by atoms with Gasteiger partial charge in [0.1, 0.15) is 6.04 Å². The number of nitrogens with zero attached hydrogens (tertiary/aromatic N) is 1. The van der Waals surface area contributed by atoms with Crippen molar-refractivity contribution in [1.29, 1.82) is 0 Å². The number of benzene rings is 3. The van der Waals surface area contributed by atoms with E-state index >= 15 is 0 Å². The summed E-state index contributed by atoms with van der Waals surface area (Å²) in [5.41, 5.74) is 1.69. The van der Waals surface area contributed by atoms with Crippen molar-refractivity contribution < 1.29 is 19.1 Å². The summed E-state index contributed by atoms with van der Waals surface area (Å²) in [6.45, 7) is 3.69. The van der Waals surface area contributed by atoms with Crippen molar-refractivity contribution in [1.82, 2.24) is 10.2 Å². The van der Waals surface area contributed by atoms with Gasteiger partial charge in [-0.1, -0.05) is 72.3 Å². The van der Waals surface area contributed by atoms with E-state index in [0.717, 1.165) is 11.1 Å². The number of nitrogens with one attached hydrogen (secondary N) is 1. The van der Waals surface area contributed by atoms with E-state index in [1.807, 2.05) is 68.4 Å². The Hall–Kier alpha value is -3.51. The zero-order valence-electron chi connectivity index (χ0n) is 20.2. The quantitative estimate of drug-likeness (QED) is 0.412. The van der Waals surface area contributed by atoms with E-state index in [1.165, 1.54) is 0 Å². The number of rotatable bonds is 11. The maximum Gasteiger partial charge on any atom is 0.261 e. The van der Waals surface area contributed by atoms with Gasteiger partial charge in [-0.05, 0) is 43.2 Å². The lowest BCUT2D eigenvalue weighted by atomic mass is 10.0. The van der Waals surface area contributed by atoms with Gasteiger partial charge in [0.2, 0.25) is 5.91 Å². The maximum absolute atomic E-state index is 13.6. The average molecular weight is 495 g/mol. The van der Waals surface area contributed by atoms with Crippen molar-refractivity contribution in [2.24, 2.45) is 0 Å². The van der Waals surface area contributed by atoms with Crippen LogP contribution in [0.1, 0.15) is 25.0 Å². The molecule has 3 rings (SSSR count). The zero-order chi connectivity index (χ0) is 25.2. The van der Waals surface area contributed by atoms with Crippen LogP contribution in [-0.4, -0.2) is 42.5 Å². The highest BCUT2D eigenvalue weighted by Gasteiger charge is 2.31. The van der Waals surface area contributed by atoms with E-state index in [0.29, 0.717) is 22.9 Å². The number of amides is 2. The highest BCUT2D eigenvalue weighted by atomic mass is 35.5. The van der Waals surface area contributed by atoms with Crippen molar-refractivity contribution in [3.05, 3.63) is 95.0 Å². The Morgan fingerprint density at radius 1 is 0.914 bits per heavy atom. The molecular formula is C28H31ClN2O4. The summed E-state index contributed by atoms with van der Waals surface area (Å²) in [5, 5.41) is 3.49. The van der Waals surface area contributed by atoms with Gasteiger partial charge in [0.05, 0.1) is 7.11 Å². The molecule has 0 aliphatic rings. The normalized spacial score (nSPS) is 11.6. The highest BCUT2D eigenvalue weighted by Crippen LogP contribution is 2.26. The third kappa shape index (κ3) is 7.49. The van der Waals surface area contributed by atoms with Gasteiger partial charge in [-0.25, -0.2) is 0 Å². The Balaban J connectivity index is 1.93. The minimum atomic E-state index is -0.759.